The smallest absolute Gasteiger partial charge is 0.315 e. The van der Waals surface area contributed by atoms with Crippen molar-refractivity contribution in [2.75, 3.05) is 83.9 Å². The molecule has 0 bridgehead atoms. The molecule has 0 aromatic heterocycles. The van der Waals surface area contributed by atoms with Gasteiger partial charge in [0.25, 0.3) is 5.91 Å². The van der Waals surface area contributed by atoms with Gasteiger partial charge < -0.3 is 56.2 Å². The summed E-state index contributed by atoms with van der Waals surface area (Å²) in [5, 5.41) is 22.1. The Morgan fingerprint density at radius 2 is 1.07 bits per heavy atom. The summed E-state index contributed by atoms with van der Waals surface area (Å²) in [4.78, 5) is 75.4. The summed E-state index contributed by atoms with van der Waals surface area (Å²) >= 11 is 3.83. The van der Waals surface area contributed by atoms with Crippen molar-refractivity contribution < 1.29 is 47.7 Å². The molecule has 0 aliphatic carbocycles. The predicted molar refractivity (Wildman–Crippen MR) is 288 cm³/mol. The molecule has 4 aliphatic rings. The van der Waals surface area contributed by atoms with Gasteiger partial charge in [0, 0.05) is 66.6 Å². The summed E-state index contributed by atoms with van der Waals surface area (Å²) in [6.07, 6.45) is 15.3. The van der Waals surface area contributed by atoms with Crippen LogP contribution in [0.5, 0.6) is 0 Å². The van der Waals surface area contributed by atoms with Gasteiger partial charge in [-0.25, -0.2) is 9.59 Å². The van der Waals surface area contributed by atoms with Gasteiger partial charge >= 0.3 is 18.0 Å². The molecule has 0 radical (unpaired) electrons. The van der Waals surface area contributed by atoms with E-state index in [2.05, 4.69) is 42.1 Å². The van der Waals surface area contributed by atoms with Crippen molar-refractivity contribution >= 4 is 59.3 Å². The fourth-order valence-electron chi connectivity index (χ4n) is 9.53. The highest BCUT2D eigenvalue weighted by Gasteiger charge is 2.43. The Kier molecular flexibility index (Phi) is 27.9. The van der Waals surface area contributed by atoms with Gasteiger partial charge in [-0.2, -0.15) is 23.5 Å². The number of rotatable bonds is 39. The Bertz CT molecular complexity index is 1750. The summed E-state index contributed by atoms with van der Waals surface area (Å²) in [5.74, 6) is 1.72. The molecular weight excluding hydrogens is 973 g/mol. The predicted octanol–water partition coefficient (Wildman–Crippen LogP) is 5.80. The molecule has 6 atom stereocenters. The van der Waals surface area contributed by atoms with Crippen molar-refractivity contribution in [2.45, 2.75) is 177 Å². The van der Waals surface area contributed by atoms with E-state index in [-0.39, 0.29) is 72.9 Å². The van der Waals surface area contributed by atoms with Crippen LogP contribution in [-0.2, 0) is 39.9 Å². The van der Waals surface area contributed by atoms with Gasteiger partial charge in [-0.3, -0.25) is 24.1 Å². The number of nitrogens with one attached hydrogen (secondary N) is 7. The molecule has 1 aromatic carbocycles. The lowest BCUT2D eigenvalue weighted by molar-refractivity contribution is -0.156. The zero-order valence-electron chi connectivity index (χ0n) is 44.0. The van der Waals surface area contributed by atoms with Gasteiger partial charge in [0.15, 0.2) is 0 Å². The number of fused-ring (bicyclic) bond motifs is 2. The molecule has 5 rings (SSSR count). The number of carbonyl (C=O) groups is 6. The molecule has 4 saturated heterocycles. The molecule has 0 unspecified atom stereocenters. The molecule has 7 amide bonds. The maximum Gasteiger partial charge on any atom is 0.315 e. The average Bonchev–Trinajstić information content (AvgIpc) is 4.12. The van der Waals surface area contributed by atoms with E-state index in [0.29, 0.717) is 81.6 Å². The Morgan fingerprint density at radius 3 is 1.59 bits per heavy atom. The van der Waals surface area contributed by atoms with E-state index in [4.69, 9.17) is 18.9 Å². The lowest BCUT2D eigenvalue weighted by atomic mass is 10.0. The maximum atomic E-state index is 12.9. The minimum atomic E-state index is -0.505. The van der Waals surface area contributed by atoms with E-state index in [1.165, 1.54) is 0 Å². The number of hydrogen-bond donors (Lipinski definition) is 7. The largest absolute Gasteiger partial charge is 0.460 e. The number of unbranched alkanes of at least 4 members (excludes halogenated alkanes) is 8. The lowest BCUT2D eigenvalue weighted by Gasteiger charge is -2.23. The Labute approximate surface area is 443 Å². The molecule has 20 heteroatoms. The van der Waals surface area contributed by atoms with Crippen LogP contribution < -0.4 is 37.2 Å². The number of esters is 1. The number of thioether (sulfide) groups is 2. The van der Waals surface area contributed by atoms with Crippen molar-refractivity contribution in [1.29, 1.82) is 0 Å². The molecule has 4 heterocycles. The van der Waals surface area contributed by atoms with Crippen LogP contribution in [0, 0.1) is 0 Å². The highest BCUT2D eigenvalue weighted by atomic mass is 32.2. The van der Waals surface area contributed by atoms with Crippen LogP contribution in [0.3, 0.4) is 0 Å². The van der Waals surface area contributed by atoms with E-state index in [0.717, 1.165) is 127 Å². The number of hydrogen-bond acceptors (Lipinski definition) is 13. The first-order chi connectivity index (χ1) is 35.3. The number of urea groups is 2. The van der Waals surface area contributed by atoms with Gasteiger partial charge in [0.05, 0.1) is 70.2 Å². The molecule has 0 saturated carbocycles. The fraction of sp³-hybridized carbons (Fsp3) is 0.774. The number of ether oxygens (including phenoxy) is 4. The van der Waals surface area contributed by atoms with Gasteiger partial charge in [-0.05, 0) is 103 Å². The first-order valence-corrected chi connectivity index (χ1v) is 29.4. The maximum absolute atomic E-state index is 12.9. The third-order valence-corrected chi connectivity index (χ3v) is 16.4. The second kappa shape index (κ2) is 34.0. The van der Waals surface area contributed by atoms with Crippen LogP contribution in [0.1, 0.15) is 146 Å². The highest BCUT2D eigenvalue weighted by molar-refractivity contribution is 8.00. The minimum Gasteiger partial charge on any atom is -0.460 e. The molecule has 4 fully saturated rings. The van der Waals surface area contributed by atoms with Crippen LogP contribution >= 0.6 is 23.5 Å². The second-order valence-corrected chi connectivity index (χ2v) is 23.2. The van der Waals surface area contributed by atoms with E-state index < -0.39 is 5.60 Å². The van der Waals surface area contributed by atoms with Gasteiger partial charge in [0.1, 0.15) is 5.60 Å². The molecule has 7 N–H and O–H groups in total. The van der Waals surface area contributed by atoms with E-state index in [1.54, 1.807) is 0 Å². The summed E-state index contributed by atoms with van der Waals surface area (Å²) in [6, 6.07) is 8.61. The van der Waals surface area contributed by atoms with E-state index in [9.17, 15) is 28.8 Å². The Morgan fingerprint density at radius 1 is 0.575 bits per heavy atom. The Balaban J connectivity index is 0.910. The Hall–Kier alpha value is -3.82. The summed E-state index contributed by atoms with van der Waals surface area (Å²) in [7, 11) is 0. The van der Waals surface area contributed by atoms with Crippen molar-refractivity contribution in [3.05, 3.63) is 35.4 Å². The summed E-state index contributed by atoms with van der Waals surface area (Å²) in [6.45, 7) is 12.2. The van der Waals surface area contributed by atoms with Crippen LogP contribution in [0.2, 0.25) is 0 Å². The quantitative estimate of drug-likeness (QED) is 0.0235. The van der Waals surface area contributed by atoms with E-state index in [1.807, 2.05) is 68.6 Å². The van der Waals surface area contributed by atoms with Crippen molar-refractivity contribution in [1.82, 2.24) is 42.1 Å². The first-order valence-electron chi connectivity index (χ1n) is 27.3. The van der Waals surface area contributed by atoms with Crippen LogP contribution in [0.15, 0.2) is 24.3 Å². The average molecular weight is 1060 g/mol. The highest BCUT2D eigenvalue weighted by Crippen LogP contribution is 2.34. The summed E-state index contributed by atoms with van der Waals surface area (Å²) in [5.41, 5.74) is 1.25. The third kappa shape index (κ3) is 24.6. The SMILES string of the molecule is CC(C)(C)OC(=O)CCOCCOCCOCCNC(=O)c1ccc(CN(CCCCCCNC(=O)CCCC[C@@H]2SC[C@@H]3NC(=O)N[C@@H]32)CCCCCCNC(=O)CCCC[C@@H]2SC[C@@H]3NC(=O)N[C@@H]32)cc1. The van der Waals surface area contributed by atoms with Gasteiger partial charge in [0.2, 0.25) is 11.8 Å². The molecule has 0 spiro atoms. The molecule has 4 aliphatic heterocycles. The molecular formula is C53H88N8O10S2. The van der Waals surface area contributed by atoms with Crippen LogP contribution in [-0.4, -0.2) is 165 Å². The van der Waals surface area contributed by atoms with Crippen LogP contribution in [0.25, 0.3) is 0 Å². The number of nitrogens with zero attached hydrogens (tertiary/aromatic N) is 1. The molecule has 18 nitrogen and oxygen atoms in total. The van der Waals surface area contributed by atoms with Crippen molar-refractivity contribution in [3.8, 4) is 0 Å². The van der Waals surface area contributed by atoms with E-state index >= 15 is 0 Å². The standard InChI is InChI=1S/C53H88N8O10S2/c1-53(2,3)71-47(64)24-30-68-32-34-70-35-33-69-31-27-56-50(65)40-22-20-39(21-23-40)36-61(28-14-6-4-12-25-54-45(62)18-10-8-16-43-48-41(37-72-43)57-51(66)59-48)29-15-7-5-13-26-55-46(63)19-11-9-17-44-49-42(38-73-44)58-52(67)60-49/h20-23,41-44,48-49H,4-19,24-38H2,1-3H3,(H,54,62)(H,55,63)(H,56,65)(H2,57,59,66)(H2,58,60,67)/t41-,42-,43-,44-,48-,49-/m0/s1. The number of amides is 7. The zero-order valence-corrected chi connectivity index (χ0v) is 45.7. The molecule has 1 aromatic rings. The van der Waals surface area contributed by atoms with Crippen LogP contribution in [0.4, 0.5) is 9.59 Å². The third-order valence-electron chi connectivity index (χ3n) is 13.4. The van der Waals surface area contributed by atoms with Crippen molar-refractivity contribution in [2.24, 2.45) is 0 Å². The minimum absolute atomic E-state index is 0.0593. The zero-order chi connectivity index (χ0) is 52.1. The number of benzene rings is 1. The first kappa shape index (κ1) is 60.0. The normalized spacial score (nSPS) is 21.0. The monoisotopic (exact) mass is 1060 g/mol. The molecule has 73 heavy (non-hydrogen) atoms. The molecule has 412 valence electrons. The van der Waals surface area contributed by atoms with Crippen molar-refractivity contribution in [3.63, 3.8) is 0 Å². The second-order valence-electron chi connectivity index (χ2n) is 20.7. The lowest BCUT2D eigenvalue weighted by Crippen LogP contribution is -2.36. The number of carbonyl (C=O) groups excluding carboxylic acids is 6. The van der Waals surface area contributed by atoms with Gasteiger partial charge in [-0.1, -0.05) is 50.7 Å². The summed E-state index contributed by atoms with van der Waals surface area (Å²) < 4.78 is 21.8. The van der Waals surface area contributed by atoms with Gasteiger partial charge in [-0.15, -0.1) is 0 Å². The fourth-order valence-corrected chi connectivity index (χ4v) is 12.6. The topological polar surface area (TPSA) is 227 Å².